The van der Waals surface area contributed by atoms with Crippen LogP contribution in [0.1, 0.15) is 31.9 Å². The van der Waals surface area contributed by atoms with Gasteiger partial charge < -0.3 is 15.2 Å². The van der Waals surface area contributed by atoms with Crippen molar-refractivity contribution in [2.45, 2.75) is 32.4 Å². The molecule has 0 radical (unpaired) electrons. The predicted molar refractivity (Wildman–Crippen MR) is 83.1 cm³/mol. The van der Waals surface area contributed by atoms with Crippen LogP contribution in [-0.4, -0.2) is 44.9 Å². The summed E-state index contributed by atoms with van der Waals surface area (Å²) in [5.74, 6) is 0.870. The molecule has 2 unspecified atom stereocenters. The number of methoxy groups -OCH3 is 1. The summed E-state index contributed by atoms with van der Waals surface area (Å²) in [6, 6.07) is 8.47. The fourth-order valence-corrected chi connectivity index (χ4v) is 2.34. The summed E-state index contributed by atoms with van der Waals surface area (Å²) in [6.07, 6.45) is 0.940. The summed E-state index contributed by atoms with van der Waals surface area (Å²) in [5.41, 5.74) is 7.53. The molecule has 0 saturated heterocycles. The smallest absolute Gasteiger partial charge is 0.118 e. The van der Waals surface area contributed by atoms with Crippen molar-refractivity contribution in [2.24, 2.45) is 5.73 Å². The zero-order valence-corrected chi connectivity index (χ0v) is 13.1. The van der Waals surface area contributed by atoms with E-state index in [1.165, 1.54) is 5.56 Å². The van der Waals surface area contributed by atoms with Gasteiger partial charge in [0.1, 0.15) is 5.75 Å². The molecule has 0 fully saturated rings. The van der Waals surface area contributed by atoms with Gasteiger partial charge in [-0.2, -0.15) is 0 Å². The second-order valence-corrected chi connectivity index (χ2v) is 4.97. The predicted octanol–water partition coefficient (Wildman–Crippen LogP) is 2.44. The lowest BCUT2D eigenvalue weighted by atomic mass is 9.96. The fourth-order valence-electron chi connectivity index (χ4n) is 2.34. The zero-order chi connectivity index (χ0) is 15.0. The first-order chi connectivity index (χ1) is 9.63. The Morgan fingerprint density at radius 3 is 2.35 bits per heavy atom. The van der Waals surface area contributed by atoms with Crippen LogP contribution in [0.25, 0.3) is 0 Å². The Hall–Kier alpha value is -1.10. The maximum Gasteiger partial charge on any atom is 0.118 e. The molecule has 2 atom stereocenters. The van der Waals surface area contributed by atoms with Gasteiger partial charge in [-0.1, -0.05) is 19.1 Å². The van der Waals surface area contributed by atoms with Gasteiger partial charge >= 0.3 is 0 Å². The molecule has 1 aromatic rings. The maximum absolute atomic E-state index is 6.31. The third-order valence-corrected chi connectivity index (χ3v) is 3.60. The van der Waals surface area contributed by atoms with Crippen molar-refractivity contribution in [1.82, 2.24) is 4.90 Å². The van der Waals surface area contributed by atoms with E-state index in [4.69, 9.17) is 15.2 Å². The van der Waals surface area contributed by atoms with E-state index in [1.807, 2.05) is 19.1 Å². The number of hydrogen-bond acceptors (Lipinski definition) is 4. The van der Waals surface area contributed by atoms with E-state index in [0.717, 1.165) is 31.9 Å². The molecule has 0 amide bonds. The Kier molecular flexibility index (Phi) is 7.59. The van der Waals surface area contributed by atoms with Gasteiger partial charge in [-0.05, 0) is 38.1 Å². The van der Waals surface area contributed by atoms with Crippen LogP contribution in [0.5, 0.6) is 5.75 Å². The quantitative estimate of drug-likeness (QED) is 0.706. The summed E-state index contributed by atoms with van der Waals surface area (Å²) < 4.78 is 10.6. The highest BCUT2D eigenvalue weighted by atomic mass is 16.5. The van der Waals surface area contributed by atoms with E-state index in [2.05, 4.69) is 31.0 Å². The van der Waals surface area contributed by atoms with Crippen LogP contribution in [0.15, 0.2) is 24.3 Å². The van der Waals surface area contributed by atoms with E-state index < -0.39 is 0 Å². The lowest BCUT2D eigenvalue weighted by Gasteiger charge is -2.32. The molecule has 0 saturated carbocycles. The minimum Gasteiger partial charge on any atom is -0.497 e. The molecule has 114 valence electrons. The highest BCUT2D eigenvalue weighted by molar-refractivity contribution is 5.30. The van der Waals surface area contributed by atoms with Crippen LogP contribution in [0, 0.1) is 0 Å². The summed E-state index contributed by atoms with van der Waals surface area (Å²) in [5, 5.41) is 0. The van der Waals surface area contributed by atoms with Gasteiger partial charge in [-0.25, -0.2) is 0 Å². The van der Waals surface area contributed by atoms with Gasteiger partial charge in [-0.15, -0.1) is 0 Å². The third-order valence-electron chi connectivity index (χ3n) is 3.60. The molecule has 4 nitrogen and oxygen atoms in total. The first-order valence-corrected chi connectivity index (χ1v) is 7.31. The molecule has 0 bridgehead atoms. The van der Waals surface area contributed by atoms with Gasteiger partial charge in [-0.3, -0.25) is 4.90 Å². The largest absolute Gasteiger partial charge is 0.497 e. The Morgan fingerprint density at radius 2 is 1.85 bits per heavy atom. The van der Waals surface area contributed by atoms with Crippen molar-refractivity contribution in [3.05, 3.63) is 29.8 Å². The van der Waals surface area contributed by atoms with Crippen LogP contribution in [0.3, 0.4) is 0 Å². The average Bonchev–Trinajstić information content (AvgIpc) is 2.48. The Bertz CT molecular complexity index is 367. The topological polar surface area (TPSA) is 47.7 Å². The normalized spacial score (nSPS) is 14.3. The van der Waals surface area contributed by atoms with E-state index in [0.29, 0.717) is 0 Å². The lowest BCUT2D eigenvalue weighted by molar-refractivity contribution is 0.100. The van der Waals surface area contributed by atoms with Crippen molar-refractivity contribution in [1.29, 1.82) is 0 Å². The number of rotatable bonds is 9. The molecule has 2 N–H and O–H groups in total. The van der Waals surface area contributed by atoms with Crippen molar-refractivity contribution in [2.75, 3.05) is 33.9 Å². The van der Waals surface area contributed by atoms with Crippen molar-refractivity contribution >= 4 is 0 Å². The number of ether oxygens (including phenoxy) is 2. The van der Waals surface area contributed by atoms with E-state index in [9.17, 15) is 0 Å². The van der Waals surface area contributed by atoms with Gasteiger partial charge in [0.05, 0.1) is 13.7 Å². The monoisotopic (exact) mass is 280 g/mol. The highest BCUT2D eigenvalue weighted by Crippen LogP contribution is 2.25. The van der Waals surface area contributed by atoms with Gasteiger partial charge in [0, 0.05) is 25.2 Å². The number of nitrogens with zero attached hydrogens (tertiary/aromatic N) is 1. The third kappa shape index (κ3) is 4.78. The lowest BCUT2D eigenvalue weighted by Crippen LogP contribution is -2.40. The summed E-state index contributed by atoms with van der Waals surface area (Å²) in [6.45, 7) is 6.49. The van der Waals surface area contributed by atoms with Gasteiger partial charge in [0.25, 0.3) is 0 Å². The minimum absolute atomic E-state index is 0.107. The highest BCUT2D eigenvalue weighted by Gasteiger charge is 2.22. The maximum atomic E-state index is 6.31. The second-order valence-electron chi connectivity index (χ2n) is 4.97. The molecule has 20 heavy (non-hydrogen) atoms. The zero-order valence-electron chi connectivity index (χ0n) is 13.1. The first-order valence-electron chi connectivity index (χ1n) is 7.31. The molecule has 0 aliphatic heterocycles. The number of hydrogen-bond donors (Lipinski definition) is 1. The fraction of sp³-hybridized carbons (Fsp3) is 0.625. The molecule has 4 heteroatoms. The summed E-state index contributed by atoms with van der Waals surface area (Å²) in [7, 11) is 3.78. The van der Waals surface area contributed by atoms with Crippen LogP contribution in [0.4, 0.5) is 0 Å². The Balaban J connectivity index is 2.81. The SMILES string of the molecule is CCOCCN(C)C(c1ccc(OC)cc1)C(N)CC. The number of nitrogens with two attached hydrogens (primary N) is 1. The number of likely N-dealkylation sites (N-methyl/N-ethyl adjacent to an activating group) is 1. The van der Waals surface area contributed by atoms with E-state index in [1.54, 1.807) is 7.11 Å². The van der Waals surface area contributed by atoms with Crippen LogP contribution in [0.2, 0.25) is 0 Å². The van der Waals surface area contributed by atoms with Crippen LogP contribution < -0.4 is 10.5 Å². The Morgan fingerprint density at radius 1 is 1.20 bits per heavy atom. The van der Waals surface area contributed by atoms with E-state index in [-0.39, 0.29) is 12.1 Å². The standard InChI is InChI=1S/C16H28N2O2/c1-5-15(17)16(18(3)11-12-20-6-2)13-7-9-14(19-4)10-8-13/h7-10,15-16H,5-6,11-12,17H2,1-4H3. The van der Waals surface area contributed by atoms with E-state index >= 15 is 0 Å². The van der Waals surface area contributed by atoms with Gasteiger partial charge in [0.15, 0.2) is 0 Å². The molecular formula is C16H28N2O2. The molecule has 0 aliphatic carbocycles. The number of benzene rings is 1. The van der Waals surface area contributed by atoms with Gasteiger partial charge in [0.2, 0.25) is 0 Å². The molecule has 0 aliphatic rings. The molecular weight excluding hydrogens is 252 g/mol. The van der Waals surface area contributed by atoms with Crippen molar-refractivity contribution in [3.63, 3.8) is 0 Å². The van der Waals surface area contributed by atoms with Crippen LogP contribution >= 0.6 is 0 Å². The summed E-state index contributed by atoms with van der Waals surface area (Å²) >= 11 is 0. The Labute approximate surface area is 122 Å². The molecule has 1 rings (SSSR count). The van der Waals surface area contributed by atoms with Crippen molar-refractivity contribution in [3.8, 4) is 5.75 Å². The van der Waals surface area contributed by atoms with Crippen LogP contribution in [-0.2, 0) is 4.74 Å². The molecule has 1 aromatic carbocycles. The average molecular weight is 280 g/mol. The minimum atomic E-state index is 0.107. The summed E-state index contributed by atoms with van der Waals surface area (Å²) in [4.78, 5) is 2.27. The second kappa shape index (κ2) is 8.95. The molecule has 0 aromatic heterocycles. The molecule has 0 heterocycles. The molecule has 0 spiro atoms. The van der Waals surface area contributed by atoms with Crippen molar-refractivity contribution < 1.29 is 9.47 Å². The first kappa shape index (κ1) is 17.0.